The molecule has 3 aromatic rings. The second-order valence-electron chi connectivity index (χ2n) is 7.85. The molecule has 0 aliphatic heterocycles. The zero-order valence-corrected chi connectivity index (χ0v) is 17.5. The molecule has 0 aliphatic rings. The smallest absolute Gasteiger partial charge is 0.170 e. The Balaban J connectivity index is 1.79. The highest BCUT2D eigenvalue weighted by Gasteiger charge is 2.25. The summed E-state index contributed by atoms with van der Waals surface area (Å²) >= 11 is 3.49. The second-order valence-corrected chi connectivity index (χ2v) is 8.76. The fourth-order valence-electron chi connectivity index (χ4n) is 3.76. The summed E-state index contributed by atoms with van der Waals surface area (Å²) in [5.74, 6) is 1.43. The second kappa shape index (κ2) is 7.79. The Morgan fingerprint density at radius 1 is 1.04 bits per heavy atom. The Morgan fingerprint density at radius 2 is 1.69 bits per heavy atom. The maximum absolute atomic E-state index is 5.67. The van der Waals surface area contributed by atoms with Gasteiger partial charge in [0.1, 0.15) is 0 Å². The molecular formula is C23H26BrNO. The molecule has 0 bridgehead atoms. The van der Waals surface area contributed by atoms with Crippen LogP contribution in [0.5, 0.6) is 0 Å². The van der Waals surface area contributed by atoms with E-state index in [0.29, 0.717) is 5.92 Å². The Kier molecular flexibility index (Phi) is 5.67. The van der Waals surface area contributed by atoms with Gasteiger partial charge in [0, 0.05) is 15.6 Å². The number of aryl methyl sites for hydroxylation is 1. The highest BCUT2D eigenvalue weighted by Crippen LogP contribution is 2.34. The first-order valence-corrected chi connectivity index (χ1v) is 9.93. The lowest BCUT2D eigenvalue weighted by molar-refractivity contribution is 0.377. The summed E-state index contributed by atoms with van der Waals surface area (Å²) < 4.78 is 6.74. The van der Waals surface area contributed by atoms with Crippen molar-refractivity contribution in [3.63, 3.8) is 0 Å². The van der Waals surface area contributed by atoms with Gasteiger partial charge in [-0.3, -0.25) is 0 Å². The van der Waals surface area contributed by atoms with Crippen LogP contribution in [0.15, 0.2) is 63.6 Å². The maximum atomic E-state index is 5.67. The van der Waals surface area contributed by atoms with Gasteiger partial charge in [-0.2, -0.15) is 0 Å². The number of halogens is 1. The molecule has 1 aromatic heterocycles. The Bertz CT molecular complexity index is 850. The van der Waals surface area contributed by atoms with Gasteiger partial charge >= 0.3 is 0 Å². The number of benzene rings is 2. The summed E-state index contributed by atoms with van der Waals surface area (Å²) in [6, 6.07) is 19.0. The topological polar surface area (TPSA) is 26.0 Å². The average Bonchev–Trinajstić information content (AvgIpc) is 2.96. The van der Waals surface area contributed by atoms with Crippen LogP contribution >= 0.6 is 15.9 Å². The lowest BCUT2D eigenvalue weighted by atomic mass is 9.76. The first kappa shape index (κ1) is 18.9. The molecule has 0 saturated heterocycles. The monoisotopic (exact) mass is 411 g/mol. The van der Waals surface area contributed by atoms with Gasteiger partial charge in [-0.1, -0.05) is 84.3 Å². The van der Waals surface area contributed by atoms with E-state index in [-0.39, 0.29) is 5.41 Å². The van der Waals surface area contributed by atoms with Crippen LogP contribution in [-0.2, 0) is 11.8 Å². The van der Waals surface area contributed by atoms with Crippen molar-refractivity contribution >= 4 is 15.9 Å². The molecule has 3 rings (SSSR count). The van der Waals surface area contributed by atoms with Crippen LogP contribution in [0, 0.1) is 12.8 Å². The minimum absolute atomic E-state index is 0.142. The van der Waals surface area contributed by atoms with E-state index in [0.717, 1.165) is 34.3 Å². The molecule has 0 spiro atoms. The predicted octanol–water partition coefficient (Wildman–Crippen LogP) is 6.96. The van der Waals surface area contributed by atoms with Gasteiger partial charge in [0.25, 0.3) is 0 Å². The van der Waals surface area contributed by atoms with Crippen LogP contribution in [0.3, 0.4) is 0 Å². The van der Waals surface area contributed by atoms with Crippen molar-refractivity contribution in [2.45, 2.75) is 46.0 Å². The first-order valence-electron chi connectivity index (χ1n) is 9.13. The van der Waals surface area contributed by atoms with Crippen molar-refractivity contribution in [2.75, 3.05) is 0 Å². The fourth-order valence-corrected chi connectivity index (χ4v) is 4.02. The normalized spacial score (nSPS) is 13.0. The van der Waals surface area contributed by atoms with Gasteiger partial charge in [-0.25, -0.2) is 0 Å². The van der Waals surface area contributed by atoms with E-state index >= 15 is 0 Å². The minimum atomic E-state index is 0.142. The molecule has 2 nitrogen and oxygen atoms in total. The number of hydrogen-bond acceptors (Lipinski definition) is 2. The van der Waals surface area contributed by atoms with Crippen LogP contribution in [0.25, 0.3) is 11.3 Å². The summed E-state index contributed by atoms with van der Waals surface area (Å²) in [7, 11) is 0. The van der Waals surface area contributed by atoms with E-state index in [1.165, 1.54) is 11.1 Å². The average molecular weight is 412 g/mol. The van der Waals surface area contributed by atoms with Gasteiger partial charge in [-0.15, -0.1) is 0 Å². The van der Waals surface area contributed by atoms with Crippen LogP contribution in [0.4, 0.5) is 0 Å². The van der Waals surface area contributed by atoms with E-state index in [4.69, 9.17) is 4.52 Å². The summed E-state index contributed by atoms with van der Waals surface area (Å²) in [4.78, 5) is 0. The molecule has 26 heavy (non-hydrogen) atoms. The molecular weight excluding hydrogens is 386 g/mol. The lowest BCUT2D eigenvalue weighted by Crippen LogP contribution is -2.21. The first-order chi connectivity index (χ1) is 12.4. The van der Waals surface area contributed by atoms with E-state index < -0.39 is 0 Å². The van der Waals surface area contributed by atoms with E-state index in [2.05, 4.69) is 84.3 Å². The van der Waals surface area contributed by atoms with Crippen LogP contribution in [-0.4, -0.2) is 5.16 Å². The molecule has 136 valence electrons. The zero-order chi connectivity index (χ0) is 18.7. The summed E-state index contributed by atoms with van der Waals surface area (Å²) in [5, 5.41) is 4.24. The standard InChI is InChI=1S/C23H26BrNO/c1-16(15-23(3,4)19-8-6-5-7-9-19)14-21-17(2)25-26-22(21)18-10-12-20(24)13-11-18/h5-13,16H,14-15H2,1-4H3. The molecule has 0 radical (unpaired) electrons. The lowest BCUT2D eigenvalue weighted by Gasteiger charge is -2.29. The van der Waals surface area contributed by atoms with Crippen LogP contribution in [0.2, 0.25) is 0 Å². The largest absolute Gasteiger partial charge is 0.356 e. The summed E-state index contributed by atoms with van der Waals surface area (Å²) in [6.45, 7) is 9.02. The van der Waals surface area contributed by atoms with Gasteiger partial charge in [0.05, 0.1) is 5.69 Å². The SMILES string of the molecule is Cc1noc(-c2ccc(Br)cc2)c1CC(C)CC(C)(C)c1ccccc1. The summed E-state index contributed by atoms with van der Waals surface area (Å²) in [5.41, 5.74) is 4.83. The molecule has 2 aromatic carbocycles. The fraction of sp³-hybridized carbons (Fsp3) is 0.348. The van der Waals surface area contributed by atoms with Crippen molar-refractivity contribution in [2.24, 2.45) is 5.92 Å². The molecule has 1 heterocycles. The third kappa shape index (κ3) is 4.27. The van der Waals surface area contributed by atoms with E-state index in [1.807, 2.05) is 19.1 Å². The van der Waals surface area contributed by atoms with Crippen LogP contribution in [0.1, 0.15) is 44.0 Å². The number of nitrogens with zero attached hydrogens (tertiary/aromatic N) is 1. The van der Waals surface area contributed by atoms with Crippen molar-refractivity contribution in [3.05, 3.63) is 75.9 Å². The van der Waals surface area contributed by atoms with Crippen LogP contribution < -0.4 is 0 Å². The highest BCUT2D eigenvalue weighted by atomic mass is 79.9. The van der Waals surface area contributed by atoms with Crippen molar-refractivity contribution in [3.8, 4) is 11.3 Å². The highest BCUT2D eigenvalue weighted by molar-refractivity contribution is 9.10. The van der Waals surface area contributed by atoms with E-state index in [1.54, 1.807) is 0 Å². The predicted molar refractivity (Wildman–Crippen MR) is 111 cm³/mol. The van der Waals surface area contributed by atoms with Gasteiger partial charge in [0.2, 0.25) is 0 Å². The molecule has 0 amide bonds. The number of aromatic nitrogens is 1. The van der Waals surface area contributed by atoms with E-state index in [9.17, 15) is 0 Å². The Labute approximate surface area is 164 Å². The molecule has 0 aliphatic carbocycles. The van der Waals surface area contributed by atoms with Gasteiger partial charge in [-0.05, 0) is 48.8 Å². The molecule has 3 heteroatoms. The van der Waals surface area contributed by atoms with Gasteiger partial charge in [0.15, 0.2) is 5.76 Å². The van der Waals surface area contributed by atoms with Crippen molar-refractivity contribution in [1.82, 2.24) is 5.16 Å². The van der Waals surface area contributed by atoms with Crippen molar-refractivity contribution < 1.29 is 4.52 Å². The molecule has 0 saturated carbocycles. The third-order valence-corrected chi connectivity index (χ3v) is 5.59. The van der Waals surface area contributed by atoms with Gasteiger partial charge < -0.3 is 4.52 Å². The number of rotatable bonds is 6. The maximum Gasteiger partial charge on any atom is 0.170 e. The quantitative estimate of drug-likeness (QED) is 0.437. The zero-order valence-electron chi connectivity index (χ0n) is 15.9. The summed E-state index contributed by atoms with van der Waals surface area (Å²) in [6.07, 6.45) is 2.08. The molecule has 1 unspecified atom stereocenters. The Hall–Kier alpha value is -1.87. The third-order valence-electron chi connectivity index (χ3n) is 5.06. The Morgan fingerprint density at radius 3 is 2.35 bits per heavy atom. The molecule has 1 atom stereocenters. The molecule has 0 N–H and O–H groups in total. The minimum Gasteiger partial charge on any atom is -0.356 e. The number of hydrogen-bond donors (Lipinski definition) is 0. The molecule has 0 fully saturated rings. The van der Waals surface area contributed by atoms with Crippen molar-refractivity contribution in [1.29, 1.82) is 0 Å².